The molecule has 0 amide bonds. The largest absolute Gasteiger partial charge is 0.481 e. The molecule has 4 nitrogen and oxygen atoms in total. The Hall–Kier alpha value is -2.62. The van der Waals surface area contributed by atoms with Gasteiger partial charge in [0.15, 0.2) is 0 Å². The fraction of sp³-hybridized carbons (Fsp3) is 0.263. The van der Waals surface area contributed by atoms with Gasteiger partial charge in [-0.3, -0.25) is 9.59 Å². The van der Waals surface area contributed by atoms with Crippen LogP contribution in [0.15, 0.2) is 70.9 Å². The van der Waals surface area contributed by atoms with Gasteiger partial charge >= 0.3 is 11.9 Å². The Morgan fingerprint density at radius 3 is 2.43 bits per heavy atom. The second kappa shape index (κ2) is 4.44. The minimum absolute atomic E-state index is 0.00548. The highest BCUT2D eigenvalue weighted by atomic mass is 16.4. The number of carbonyl (C=O) groups is 2. The van der Waals surface area contributed by atoms with Gasteiger partial charge in [-0.05, 0) is 28.7 Å². The summed E-state index contributed by atoms with van der Waals surface area (Å²) < 4.78 is 0. The standard InChI is InChI=1S/C19H16O4/c20-16(21)8-12-4-5-13-6-7-14-2-1-3-15(9-17(22)23)19(14)11-18(13,19)10-12/h1-7,10H,8-9,11H2,(H,20,21)(H,22,23). The number of carboxylic acids is 2. The van der Waals surface area contributed by atoms with Crippen molar-refractivity contribution in [3.05, 3.63) is 70.9 Å². The summed E-state index contributed by atoms with van der Waals surface area (Å²) in [5.41, 5.74) is 3.38. The van der Waals surface area contributed by atoms with Gasteiger partial charge in [0, 0.05) is 10.8 Å². The second-order valence-electron chi connectivity index (χ2n) is 6.54. The van der Waals surface area contributed by atoms with Crippen LogP contribution >= 0.6 is 0 Å². The lowest BCUT2D eigenvalue weighted by Gasteiger charge is -2.34. The third-order valence-electron chi connectivity index (χ3n) is 5.36. The van der Waals surface area contributed by atoms with Gasteiger partial charge in [0.2, 0.25) is 0 Å². The maximum Gasteiger partial charge on any atom is 0.307 e. The van der Waals surface area contributed by atoms with Gasteiger partial charge in [-0.25, -0.2) is 0 Å². The van der Waals surface area contributed by atoms with Crippen LogP contribution in [-0.2, 0) is 9.59 Å². The SMILES string of the molecule is O=C(O)CC1=CC23CC24C(=CC=C3C=C1)C=CC=C4CC(=O)O. The summed E-state index contributed by atoms with van der Waals surface area (Å²) in [5.74, 6) is -1.68. The summed E-state index contributed by atoms with van der Waals surface area (Å²) in [4.78, 5) is 22.3. The van der Waals surface area contributed by atoms with E-state index in [2.05, 4.69) is 18.2 Å². The zero-order valence-corrected chi connectivity index (χ0v) is 12.5. The van der Waals surface area contributed by atoms with Crippen LogP contribution in [0.4, 0.5) is 0 Å². The first kappa shape index (κ1) is 14.0. The molecule has 0 aliphatic heterocycles. The Balaban J connectivity index is 1.81. The van der Waals surface area contributed by atoms with E-state index in [1.165, 1.54) is 0 Å². The maximum absolute atomic E-state index is 11.3. The van der Waals surface area contributed by atoms with Gasteiger partial charge in [-0.2, -0.15) is 0 Å². The summed E-state index contributed by atoms with van der Waals surface area (Å²) in [5, 5.41) is 18.3. The molecule has 0 heterocycles. The van der Waals surface area contributed by atoms with Crippen LogP contribution in [0.1, 0.15) is 19.3 Å². The van der Waals surface area contributed by atoms with Crippen molar-refractivity contribution in [2.45, 2.75) is 19.3 Å². The molecule has 4 aliphatic carbocycles. The van der Waals surface area contributed by atoms with Crippen molar-refractivity contribution in [1.29, 1.82) is 0 Å². The minimum atomic E-state index is -0.851. The van der Waals surface area contributed by atoms with Crippen LogP contribution in [0, 0.1) is 10.8 Å². The molecule has 4 rings (SSSR count). The van der Waals surface area contributed by atoms with Crippen LogP contribution in [0.3, 0.4) is 0 Å². The quantitative estimate of drug-likeness (QED) is 0.836. The Labute approximate surface area is 133 Å². The number of aliphatic carboxylic acids is 2. The van der Waals surface area contributed by atoms with Gasteiger partial charge in [-0.1, -0.05) is 48.6 Å². The molecule has 0 aromatic heterocycles. The molecular weight excluding hydrogens is 292 g/mol. The number of allylic oxidation sites excluding steroid dienone is 10. The van der Waals surface area contributed by atoms with E-state index < -0.39 is 11.9 Å². The molecule has 23 heavy (non-hydrogen) atoms. The average Bonchev–Trinajstić information content (AvgIpc) is 3.13. The molecule has 116 valence electrons. The lowest BCUT2D eigenvalue weighted by molar-refractivity contribution is -0.137. The fourth-order valence-corrected chi connectivity index (χ4v) is 4.43. The lowest BCUT2D eigenvalue weighted by Crippen LogP contribution is -2.25. The first-order chi connectivity index (χ1) is 11.0. The van der Waals surface area contributed by atoms with Crippen molar-refractivity contribution in [2.24, 2.45) is 10.8 Å². The molecule has 2 spiro atoms. The van der Waals surface area contributed by atoms with E-state index in [-0.39, 0.29) is 23.7 Å². The van der Waals surface area contributed by atoms with Gasteiger partial charge in [0.25, 0.3) is 0 Å². The molecule has 4 aliphatic rings. The number of carboxylic acid groups (broad SMARTS) is 2. The monoisotopic (exact) mass is 308 g/mol. The summed E-state index contributed by atoms with van der Waals surface area (Å²) >= 11 is 0. The summed E-state index contributed by atoms with van der Waals surface area (Å²) in [6.07, 6.45) is 16.7. The fourth-order valence-electron chi connectivity index (χ4n) is 4.43. The molecule has 2 N–H and O–H groups in total. The zero-order chi connectivity index (χ0) is 16.2. The number of hydrogen-bond donors (Lipinski definition) is 2. The lowest BCUT2D eigenvalue weighted by atomic mass is 9.69. The average molecular weight is 308 g/mol. The third-order valence-corrected chi connectivity index (χ3v) is 5.36. The predicted octanol–water partition coefficient (Wildman–Crippen LogP) is 3.17. The second-order valence-corrected chi connectivity index (χ2v) is 6.54. The van der Waals surface area contributed by atoms with Crippen molar-refractivity contribution in [3.63, 3.8) is 0 Å². The zero-order valence-electron chi connectivity index (χ0n) is 12.5. The van der Waals surface area contributed by atoms with Gasteiger partial charge in [0.05, 0.1) is 12.8 Å². The number of hydrogen-bond acceptors (Lipinski definition) is 2. The van der Waals surface area contributed by atoms with Crippen LogP contribution in [-0.4, -0.2) is 22.2 Å². The van der Waals surface area contributed by atoms with E-state index in [0.29, 0.717) is 0 Å². The predicted molar refractivity (Wildman–Crippen MR) is 84.6 cm³/mol. The molecule has 1 saturated carbocycles. The Morgan fingerprint density at radius 2 is 1.70 bits per heavy atom. The van der Waals surface area contributed by atoms with E-state index in [9.17, 15) is 14.7 Å². The molecule has 2 atom stereocenters. The molecule has 4 heteroatoms. The summed E-state index contributed by atoms with van der Waals surface area (Å²) in [6, 6.07) is 0. The van der Waals surface area contributed by atoms with Crippen molar-refractivity contribution in [3.8, 4) is 0 Å². The molecular formula is C19H16O4. The molecule has 0 radical (unpaired) electrons. The normalized spacial score (nSPS) is 32.5. The van der Waals surface area contributed by atoms with Crippen molar-refractivity contribution in [1.82, 2.24) is 0 Å². The summed E-state index contributed by atoms with van der Waals surface area (Å²) in [7, 11) is 0. The first-order valence-corrected chi connectivity index (χ1v) is 7.62. The number of rotatable bonds is 4. The Bertz CT molecular complexity index is 818. The van der Waals surface area contributed by atoms with Crippen molar-refractivity contribution >= 4 is 11.9 Å². The Morgan fingerprint density at radius 1 is 0.957 bits per heavy atom. The third kappa shape index (κ3) is 1.78. The van der Waals surface area contributed by atoms with Crippen LogP contribution < -0.4 is 0 Å². The molecule has 0 bridgehead atoms. The van der Waals surface area contributed by atoms with E-state index in [1.54, 1.807) is 0 Å². The molecule has 1 fully saturated rings. The maximum atomic E-state index is 11.3. The first-order valence-electron chi connectivity index (χ1n) is 7.62. The van der Waals surface area contributed by atoms with E-state index >= 15 is 0 Å². The van der Waals surface area contributed by atoms with Crippen molar-refractivity contribution in [2.75, 3.05) is 0 Å². The Kier molecular flexibility index (Phi) is 2.71. The van der Waals surface area contributed by atoms with Gasteiger partial charge in [-0.15, -0.1) is 0 Å². The molecule has 0 aromatic rings. The van der Waals surface area contributed by atoms with E-state index in [4.69, 9.17) is 5.11 Å². The van der Waals surface area contributed by atoms with Crippen LogP contribution in [0.25, 0.3) is 0 Å². The molecule has 0 saturated heterocycles. The van der Waals surface area contributed by atoms with E-state index in [0.717, 1.165) is 28.7 Å². The highest BCUT2D eigenvalue weighted by Crippen LogP contribution is 2.79. The van der Waals surface area contributed by atoms with Crippen molar-refractivity contribution < 1.29 is 19.8 Å². The van der Waals surface area contributed by atoms with Gasteiger partial charge < -0.3 is 10.2 Å². The van der Waals surface area contributed by atoms with E-state index in [1.807, 2.05) is 30.4 Å². The smallest absolute Gasteiger partial charge is 0.307 e. The van der Waals surface area contributed by atoms with Crippen LogP contribution in [0.5, 0.6) is 0 Å². The van der Waals surface area contributed by atoms with Crippen LogP contribution in [0.2, 0.25) is 0 Å². The molecule has 0 aromatic carbocycles. The topological polar surface area (TPSA) is 74.6 Å². The molecule has 2 unspecified atom stereocenters. The highest BCUT2D eigenvalue weighted by molar-refractivity contribution is 5.77. The highest BCUT2D eigenvalue weighted by Gasteiger charge is 2.71. The van der Waals surface area contributed by atoms with Gasteiger partial charge in [0.1, 0.15) is 0 Å². The minimum Gasteiger partial charge on any atom is -0.481 e. The summed E-state index contributed by atoms with van der Waals surface area (Å²) in [6.45, 7) is 0.